The van der Waals surface area contributed by atoms with Crippen LogP contribution < -0.4 is 4.74 Å². The van der Waals surface area contributed by atoms with Crippen LogP contribution in [-0.2, 0) is 10.3 Å². The van der Waals surface area contributed by atoms with E-state index in [0.29, 0.717) is 24.4 Å². The number of hydrogen-bond acceptors (Lipinski definition) is 5. The highest BCUT2D eigenvalue weighted by Gasteiger charge is 2.51. The molecule has 1 amide bonds. The fourth-order valence-electron chi connectivity index (χ4n) is 3.83. The summed E-state index contributed by atoms with van der Waals surface area (Å²) >= 11 is 0. The van der Waals surface area contributed by atoms with Crippen molar-refractivity contribution in [3.8, 4) is 5.88 Å². The molecular formula is C18H26N2O4. The van der Waals surface area contributed by atoms with Crippen molar-refractivity contribution < 1.29 is 19.4 Å². The minimum atomic E-state index is -1.03. The number of piperidine rings is 1. The Morgan fingerprint density at radius 3 is 2.46 bits per heavy atom. The summed E-state index contributed by atoms with van der Waals surface area (Å²) in [6.07, 6.45) is 2.44. The van der Waals surface area contributed by atoms with Crippen molar-refractivity contribution in [3.63, 3.8) is 0 Å². The van der Waals surface area contributed by atoms with E-state index in [1.54, 1.807) is 13.2 Å². The molecule has 6 heteroatoms. The standard InChI is InChI=1S/C18H26N2O4/c1-17(2,3)24-16(21)20-12-8-9-13(20)11-18(22,10-12)14-6-5-7-15(19-14)23-4/h5-7,12-13,22H,8-11H2,1-4H3. The first-order valence-electron chi connectivity index (χ1n) is 8.47. The molecule has 132 valence electrons. The maximum atomic E-state index is 12.5. The van der Waals surface area contributed by atoms with E-state index in [2.05, 4.69) is 4.98 Å². The number of rotatable bonds is 2. The fourth-order valence-corrected chi connectivity index (χ4v) is 3.83. The maximum absolute atomic E-state index is 12.5. The van der Waals surface area contributed by atoms with Crippen LogP contribution in [0.15, 0.2) is 18.2 Å². The van der Waals surface area contributed by atoms with Crippen LogP contribution in [0.1, 0.15) is 52.1 Å². The van der Waals surface area contributed by atoms with Gasteiger partial charge < -0.3 is 19.5 Å². The highest BCUT2D eigenvalue weighted by molar-refractivity contribution is 5.69. The topological polar surface area (TPSA) is 71.9 Å². The van der Waals surface area contributed by atoms with Crippen molar-refractivity contribution in [2.45, 2.75) is 69.7 Å². The number of pyridine rings is 1. The zero-order valence-electron chi connectivity index (χ0n) is 14.8. The minimum Gasteiger partial charge on any atom is -0.481 e. The quantitative estimate of drug-likeness (QED) is 0.900. The number of methoxy groups -OCH3 is 1. The summed E-state index contributed by atoms with van der Waals surface area (Å²) in [7, 11) is 1.56. The van der Waals surface area contributed by atoms with E-state index in [4.69, 9.17) is 9.47 Å². The highest BCUT2D eigenvalue weighted by atomic mass is 16.6. The van der Waals surface area contributed by atoms with Gasteiger partial charge in [-0.25, -0.2) is 9.78 Å². The number of fused-ring (bicyclic) bond motifs is 2. The van der Waals surface area contributed by atoms with Gasteiger partial charge in [-0.05, 0) is 39.7 Å². The molecule has 0 aliphatic carbocycles. The summed E-state index contributed by atoms with van der Waals surface area (Å²) < 4.78 is 10.7. The number of amides is 1. The number of carbonyl (C=O) groups is 1. The molecule has 2 unspecified atom stereocenters. The lowest BCUT2D eigenvalue weighted by Gasteiger charge is -2.43. The third kappa shape index (κ3) is 3.20. The molecule has 0 spiro atoms. The van der Waals surface area contributed by atoms with Gasteiger partial charge in [0.2, 0.25) is 5.88 Å². The Kier molecular flexibility index (Phi) is 4.20. The van der Waals surface area contributed by atoms with Crippen molar-refractivity contribution in [2.24, 2.45) is 0 Å². The van der Waals surface area contributed by atoms with Crippen LogP contribution in [0, 0.1) is 0 Å². The summed E-state index contributed by atoms with van der Waals surface area (Å²) in [6, 6.07) is 5.39. The molecule has 2 atom stereocenters. The van der Waals surface area contributed by atoms with E-state index in [1.807, 2.05) is 37.8 Å². The first-order valence-corrected chi connectivity index (χ1v) is 8.47. The van der Waals surface area contributed by atoms with Gasteiger partial charge in [-0.15, -0.1) is 0 Å². The maximum Gasteiger partial charge on any atom is 0.410 e. The lowest BCUT2D eigenvalue weighted by atomic mass is 9.83. The van der Waals surface area contributed by atoms with Crippen LogP contribution in [0.2, 0.25) is 0 Å². The van der Waals surface area contributed by atoms with Gasteiger partial charge in [-0.2, -0.15) is 0 Å². The lowest BCUT2D eigenvalue weighted by molar-refractivity contribution is -0.0649. The van der Waals surface area contributed by atoms with E-state index in [0.717, 1.165) is 12.8 Å². The summed E-state index contributed by atoms with van der Waals surface area (Å²) in [5.41, 5.74) is -0.931. The summed E-state index contributed by atoms with van der Waals surface area (Å²) in [5.74, 6) is 0.489. The predicted molar refractivity (Wildman–Crippen MR) is 88.8 cm³/mol. The number of aliphatic hydroxyl groups is 1. The molecule has 6 nitrogen and oxygen atoms in total. The smallest absolute Gasteiger partial charge is 0.410 e. The first-order chi connectivity index (χ1) is 11.2. The van der Waals surface area contributed by atoms with Crippen LogP contribution in [0.4, 0.5) is 4.79 Å². The van der Waals surface area contributed by atoms with Gasteiger partial charge in [0.15, 0.2) is 0 Å². The summed E-state index contributed by atoms with van der Waals surface area (Å²) in [4.78, 5) is 18.7. The molecule has 2 bridgehead atoms. The van der Waals surface area contributed by atoms with Crippen molar-refractivity contribution in [1.29, 1.82) is 0 Å². The predicted octanol–water partition coefficient (Wildman–Crippen LogP) is 2.84. The molecule has 24 heavy (non-hydrogen) atoms. The molecule has 2 aliphatic heterocycles. The SMILES string of the molecule is COc1cccc(C2(O)CC3CCC(C2)N3C(=O)OC(C)(C)C)n1. The van der Waals surface area contributed by atoms with Gasteiger partial charge in [0.25, 0.3) is 0 Å². The Labute approximate surface area is 142 Å². The van der Waals surface area contributed by atoms with Gasteiger partial charge in [0.05, 0.1) is 12.8 Å². The lowest BCUT2D eigenvalue weighted by Crippen LogP contribution is -2.53. The Bertz CT molecular complexity index is 612. The van der Waals surface area contributed by atoms with Gasteiger partial charge in [0, 0.05) is 31.0 Å². The number of aromatic nitrogens is 1. The van der Waals surface area contributed by atoms with Gasteiger partial charge in [-0.3, -0.25) is 0 Å². The van der Waals surface area contributed by atoms with Crippen LogP contribution in [-0.4, -0.2) is 45.9 Å². The normalized spacial score (nSPS) is 29.5. The van der Waals surface area contributed by atoms with E-state index in [9.17, 15) is 9.90 Å². The van der Waals surface area contributed by atoms with Crippen molar-refractivity contribution in [3.05, 3.63) is 23.9 Å². The van der Waals surface area contributed by atoms with Crippen molar-refractivity contribution >= 4 is 6.09 Å². The first kappa shape index (κ1) is 17.0. The zero-order valence-corrected chi connectivity index (χ0v) is 14.8. The van der Waals surface area contributed by atoms with Crippen LogP contribution in [0.3, 0.4) is 0 Å². The largest absolute Gasteiger partial charge is 0.481 e. The minimum absolute atomic E-state index is 0.0170. The Hall–Kier alpha value is -1.82. The molecule has 2 saturated heterocycles. The van der Waals surface area contributed by atoms with Gasteiger partial charge in [-0.1, -0.05) is 6.07 Å². The molecule has 3 rings (SSSR count). The molecule has 0 aromatic carbocycles. The van der Waals surface area contributed by atoms with Crippen LogP contribution >= 0.6 is 0 Å². The Balaban J connectivity index is 1.80. The van der Waals surface area contributed by atoms with Crippen molar-refractivity contribution in [2.75, 3.05) is 7.11 Å². The molecule has 0 radical (unpaired) electrons. The van der Waals surface area contributed by atoms with Gasteiger partial charge in [0.1, 0.15) is 11.2 Å². The average Bonchev–Trinajstić information content (AvgIpc) is 2.78. The van der Waals surface area contributed by atoms with E-state index < -0.39 is 11.2 Å². The number of carbonyl (C=O) groups excluding carboxylic acids is 1. The molecule has 2 aliphatic rings. The molecule has 0 saturated carbocycles. The van der Waals surface area contributed by atoms with Crippen molar-refractivity contribution in [1.82, 2.24) is 9.88 Å². The fraction of sp³-hybridized carbons (Fsp3) is 0.667. The number of nitrogens with zero attached hydrogens (tertiary/aromatic N) is 2. The molecule has 1 aromatic rings. The molecule has 1 N–H and O–H groups in total. The monoisotopic (exact) mass is 334 g/mol. The van der Waals surface area contributed by atoms with Gasteiger partial charge >= 0.3 is 6.09 Å². The van der Waals surface area contributed by atoms with Crippen LogP contribution in [0.5, 0.6) is 5.88 Å². The molecule has 2 fully saturated rings. The van der Waals surface area contributed by atoms with E-state index in [1.165, 1.54) is 0 Å². The third-order valence-corrected chi connectivity index (χ3v) is 4.78. The average molecular weight is 334 g/mol. The molecule has 3 heterocycles. The number of ether oxygens (including phenoxy) is 2. The molecule has 1 aromatic heterocycles. The van der Waals surface area contributed by atoms with E-state index in [-0.39, 0.29) is 18.2 Å². The number of hydrogen-bond donors (Lipinski definition) is 1. The Morgan fingerprint density at radius 2 is 1.92 bits per heavy atom. The Morgan fingerprint density at radius 1 is 1.29 bits per heavy atom. The molecular weight excluding hydrogens is 308 g/mol. The third-order valence-electron chi connectivity index (χ3n) is 4.78. The summed E-state index contributed by atoms with van der Waals surface area (Å²) in [6.45, 7) is 5.60. The van der Waals surface area contributed by atoms with Crippen LogP contribution in [0.25, 0.3) is 0 Å². The summed E-state index contributed by atoms with van der Waals surface area (Å²) in [5, 5.41) is 11.2. The zero-order chi connectivity index (χ0) is 17.5. The second-order valence-electron chi connectivity index (χ2n) is 7.78. The highest BCUT2D eigenvalue weighted by Crippen LogP contribution is 2.45. The second kappa shape index (κ2) is 5.92. The van der Waals surface area contributed by atoms with E-state index >= 15 is 0 Å². The second-order valence-corrected chi connectivity index (χ2v) is 7.78.